The van der Waals surface area contributed by atoms with E-state index in [1.54, 1.807) is 11.0 Å². The van der Waals surface area contributed by atoms with Crippen molar-refractivity contribution in [2.75, 3.05) is 7.05 Å². The highest BCUT2D eigenvalue weighted by molar-refractivity contribution is 5.80. The fourth-order valence-corrected chi connectivity index (χ4v) is 2.20. The highest BCUT2D eigenvalue weighted by Crippen LogP contribution is 2.26. The largest absolute Gasteiger partial charge is 0.316 e. The van der Waals surface area contributed by atoms with Crippen LogP contribution in [0.4, 0.5) is 0 Å². The molecular weight excluding hydrogens is 186 g/mol. The molecule has 0 unspecified atom stereocenters. The van der Waals surface area contributed by atoms with Crippen molar-refractivity contribution in [2.24, 2.45) is 5.92 Å². The maximum atomic E-state index is 12.1. The molecular formula is C13H21NO. The summed E-state index contributed by atoms with van der Waals surface area (Å²) in [5.41, 5.74) is 0.908. The van der Waals surface area contributed by atoms with E-state index < -0.39 is 0 Å². The normalized spacial score (nSPS) is 18.7. The Balaban J connectivity index is 2.62. The van der Waals surface area contributed by atoms with E-state index in [2.05, 4.69) is 6.58 Å². The fraction of sp³-hybridized carbons (Fsp3) is 0.615. The molecule has 0 radical (unpaired) electrons. The minimum atomic E-state index is 0.235. The molecule has 0 N–H and O–H groups in total. The standard InChI is InChI=1S/C13H21NO/c1-4-12(5-2)14(3)13(15)11-9-7-6-8-10-11/h4-5,11H,1,6-10H2,2-3H3. The number of nitrogens with zero attached hydrogens (tertiary/aromatic N) is 1. The van der Waals surface area contributed by atoms with Gasteiger partial charge in [0.1, 0.15) is 0 Å². The molecule has 1 amide bonds. The van der Waals surface area contributed by atoms with Crippen molar-refractivity contribution in [1.29, 1.82) is 0 Å². The van der Waals surface area contributed by atoms with E-state index in [1.807, 2.05) is 20.0 Å². The molecule has 0 bridgehead atoms. The summed E-state index contributed by atoms with van der Waals surface area (Å²) in [7, 11) is 1.84. The molecule has 1 rings (SSSR count). The Labute approximate surface area is 92.7 Å². The first-order valence-corrected chi connectivity index (χ1v) is 5.77. The van der Waals surface area contributed by atoms with Crippen molar-refractivity contribution in [2.45, 2.75) is 39.0 Å². The van der Waals surface area contributed by atoms with Crippen LogP contribution in [0.2, 0.25) is 0 Å². The SMILES string of the molecule is C=CC(=CC)N(C)C(=O)C1CCCCC1. The van der Waals surface area contributed by atoms with Crippen LogP contribution in [0.1, 0.15) is 39.0 Å². The predicted octanol–water partition coefficient (Wildman–Crippen LogP) is 3.11. The van der Waals surface area contributed by atoms with E-state index in [0.29, 0.717) is 0 Å². The molecule has 0 aromatic rings. The van der Waals surface area contributed by atoms with E-state index in [-0.39, 0.29) is 11.8 Å². The third-order valence-electron chi connectivity index (χ3n) is 3.18. The summed E-state index contributed by atoms with van der Waals surface area (Å²) in [5, 5.41) is 0. The van der Waals surface area contributed by atoms with Crippen LogP contribution in [-0.2, 0) is 4.79 Å². The number of rotatable bonds is 3. The Hall–Kier alpha value is -1.05. The van der Waals surface area contributed by atoms with Crippen molar-refractivity contribution < 1.29 is 4.79 Å². The molecule has 1 saturated carbocycles. The van der Waals surface area contributed by atoms with Gasteiger partial charge in [0.05, 0.1) is 0 Å². The lowest BCUT2D eigenvalue weighted by Crippen LogP contribution is -2.32. The summed E-state index contributed by atoms with van der Waals surface area (Å²) < 4.78 is 0. The fourth-order valence-electron chi connectivity index (χ4n) is 2.20. The van der Waals surface area contributed by atoms with E-state index in [0.717, 1.165) is 18.5 Å². The van der Waals surface area contributed by atoms with Gasteiger partial charge in [0.2, 0.25) is 5.91 Å². The molecule has 0 aliphatic heterocycles. The maximum Gasteiger partial charge on any atom is 0.229 e. The first-order chi connectivity index (χ1) is 7.20. The summed E-state index contributed by atoms with van der Waals surface area (Å²) in [6.07, 6.45) is 9.45. The zero-order valence-electron chi connectivity index (χ0n) is 9.83. The molecule has 0 saturated heterocycles. The van der Waals surface area contributed by atoms with Crippen LogP contribution >= 0.6 is 0 Å². The number of likely N-dealkylation sites (N-methyl/N-ethyl adjacent to an activating group) is 1. The third kappa shape index (κ3) is 2.95. The highest BCUT2D eigenvalue weighted by Gasteiger charge is 2.24. The lowest BCUT2D eigenvalue weighted by Gasteiger charge is -2.26. The monoisotopic (exact) mass is 207 g/mol. The van der Waals surface area contributed by atoms with Gasteiger partial charge in [0, 0.05) is 18.7 Å². The summed E-state index contributed by atoms with van der Waals surface area (Å²) >= 11 is 0. The average Bonchev–Trinajstić information content (AvgIpc) is 2.30. The second kappa shape index (κ2) is 5.74. The molecule has 2 heteroatoms. The smallest absolute Gasteiger partial charge is 0.229 e. The molecule has 1 aliphatic rings. The predicted molar refractivity (Wildman–Crippen MR) is 63.3 cm³/mol. The van der Waals surface area contributed by atoms with Gasteiger partial charge in [-0.1, -0.05) is 31.9 Å². The summed E-state index contributed by atoms with van der Waals surface area (Å²) in [5.74, 6) is 0.487. The van der Waals surface area contributed by atoms with Crippen LogP contribution in [0.25, 0.3) is 0 Å². The number of amides is 1. The molecule has 0 spiro atoms. The van der Waals surface area contributed by atoms with Gasteiger partial charge in [-0.25, -0.2) is 0 Å². The van der Waals surface area contributed by atoms with Gasteiger partial charge >= 0.3 is 0 Å². The van der Waals surface area contributed by atoms with Gasteiger partial charge in [-0.05, 0) is 25.8 Å². The molecule has 15 heavy (non-hydrogen) atoms. The minimum Gasteiger partial charge on any atom is -0.316 e. The highest BCUT2D eigenvalue weighted by atomic mass is 16.2. The molecule has 0 heterocycles. The average molecular weight is 207 g/mol. The molecule has 2 nitrogen and oxygen atoms in total. The third-order valence-corrected chi connectivity index (χ3v) is 3.18. The van der Waals surface area contributed by atoms with Crippen LogP contribution in [0.3, 0.4) is 0 Å². The van der Waals surface area contributed by atoms with Crippen molar-refractivity contribution >= 4 is 5.91 Å². The molecule has 0 atom stereocenters. The van der Waals surface area contributed by atoms with Gasteiger partial charge in [0.15, 0.2) is 0 Å². The number of hydrogen-bond acceptors (Lipinski definition) is 1. The quantitative estimate of drug-likeness (QED) is 0.651. The Morgan fingerprint density at radius 2 is 1.93 bits per heavy atom. The Morgan fingerprint density at radius 1 is 1.33 bits per heavy atom. The minimum absolute atomic E-state index is 0.235. The topological polar surface area (TPSA) is 20.3 Å². The lowest BCUT2D eigenvalue weighted by atomic mass is 9.88. The first kappa shape index (κ1) is 12.0. The summed E-state index contributed by atoms with van der Waals surface area (Å²) in [6.45, 7) is 5.65. The van der Waals surface area contributed by atoms with Crippen LogP contribution in [0.5, 0.6) is 0 Å². The van der Waals surface area contributed by atoms with Gasteiger partial charge < -0.3 is 4.90 Å². The number of carbonyl (C=O) groups excluding carboxylic acids is 1. The summed E-state index contributed by atoms with van der Waals surface area (Å²) in [4.78, 5) is 13.8. The van der Waals surface area contributed by atoms with Gasteiger partial charge in [-0.3, -0.25) is 4.79 Å². The second-order valence-electron chi connectivity index (χ2n) is 4.15. The van der Waals surface area contributed by atoms with E-state index in [4.69, 9.17) is 0 Å². The Bertz CT molecular complexity index is 262. The van der Waals surface area contributed by atoms with E-state index in [1.165, 1.54) is 19.3 Å². The van der Waals surface area contributed by atoms with Crippen molar-refractivity contribution in [3.05, 3.63) is 24.4 Å². The van der Waals surface area contributed by atoms with Gasteiger partial charge in [0.25, 0.3) is 0 Å². The second-order valence-corrected chi connectivity index (χ2v) is 4.15. The van der Waals surface area contributed by atoms with Crippen LogP contribution in [-0.4, -0.2) is 17.9 Å². The zero-order chi connectivity index (χ0) is 11.3. The van der Waals surface area contributed by atoms with Crippen LogP contribution < -0.4 is 0 Å². The van der Waals surface area contributed by atoms with Crippen molar-refractivity contribution in [3.8, 4) is 0 Å². The van der Waals surface area contributed by atoms with Crippen molar-refractivity contribution in [3.63, 3.8) is 0 Å². The number of carbonyl (C=O) groups is 1. The number of allylic oxidation sites excluding steroid dienone is 2. The van der Waals surface area contributed by atoms with Crippen LogP contribution in [0, 0.1) is 5.92 Å². The van der Waals surface area contributed by atoms with E-state index >= 15 is 0 Å². The van der Waals surface area contributed by atoms with Gasteiger partial charge in [-0.15, -0.1) is 0 Å². The van der Waals surface area contributed by atoms with Gasteiger partial charge in [-0.2, -0.15) is 0 Å². The number of hydrogen-bond donors (Lipinski definition) is 0. The first-order valence-electron chi connectivity index (χ1n) is 5.77. The molecule has 84 valence electrons. The van der Waals surface area contributed by atoms with E-state index in [9.17, 15) is 4.79 Å². The molecule has 1 aliphatic carbocycles. The summed E-state index contributed by atoms with van der Waals surface area (Å²) in [6, 6.07) is 0. The van der Waals surface area contributed by atoms with Crippen molar-refractivity contribution in [1.82, 2.24) is 4.90 Å². The zero-order valence-corrected chi connectivity index (χ0v) is 9.83. The molecule has 0 aromatic heterocycles. The Kier molecular flexibility index (Phi) is 4.60. The Morgan fingerprint density at radius 3 is 2.40 bits per heavy atom. The molecule has 1 fully saturated rings. The van der Waals surface area contributed by atoms with Crippen LogP contribution in [0.15, 0.2) is 24.4 Å². The lowest BCUT2D eigenvalue weighted by molar-refractivity contribution is -0.133. The maximum absolute atomic E-state index is 12.1. The molecule has 0 aromatic carbocycles.